The molecule has 0 bridgehead atoms. The molecule has 0 amide bonds. The highest BCUT2D eigenvalue weighted by Crippen LogP contribution is 2.26. The van der Waals surface area contributed by atoms with E-state index in [0.717, 1.165) is 24.9 Å². The molecule has 5 heteroatoms. The van der Waals surface area contributed by atoms with Crippen LogP contribution in [0.25, 0.3) is 0 Å². The third-order valence-electron chi connectivity index (χ3n) is 2.69. The fourth-order valence-corrected chi connectivity index (χ4v) is 1.97. The maximum atomic E-state index is 9.62. The summed E-state index contributed by atoms with van der Waals surface area (Å²) in [5.74, 6) is 0. The zero-order valence-corrected chi connectivity index (χ0v) is 8.83. The van der Waals surface area contributed by atoms with Crippen molar-refractivity contribution < 1.29 is 5.11 Å². The van der Waals surface area contributed by atoms with E-state index in [4.69, 9.17) is 11.6 Å². The normalized spacial score (nSPS) is 26.8. The Morgan fingerprint density at radius 2 is 2.43 bits per heavy atom. The third-order valence-corrected chi connectivity index (χ3v) is 3.14. The second-order valence-corrected chi connectivity index (χ2v) is 4.08. The Hall–Kier alpha value is -0.740. The van der Waals surface area contributed by atoms with Crippen molar-refractivity contribution in [1.29, 1.82) is 0 Å². The van der Waals surface area contributed by atoms with Crippen LogP contribution in [-0.2, 0) is 7.05 Å². The first-order valence-electron chi connectivity index (χ1n) is 4.80. The van der Waals surface area contributed by atoms with Crippen molar-refractivity contribution in [3.63, 3.8) is 0 Å². The molecule has 1 aromatic rings. The smallest absolute Gasteiger partial charge is 0.149 e. The molecular weight excluding hydrogens is 202 g/mol. The van der Waals surface area contributed by atoms with Crippen LogP contribution >= 0.6 is 11.6 Å². The number of aromatic nitrogens is 2. The average Bonchev–Trinajstić information content (AvgIpc) is 2.68. The number of aliphatic hydroxyl groups is 1. The standard InChI is InChI=1S/C9H14ClN3O/c1-13-9(10)7(5-11-13)12-6-3-2-4-8(6)14/h5-6,8,12,14H,2-4H2,1H3/t6-,8-/m0/s1. The van der Waals surface area contributed by atoms with Crippen LogP contribution in [-0.4, -0.2) is 27.0 Å². The molecule has 1 aliphatic rings. The summed E-state index contributed by atoms with van der Waals surface area (Å²) in [5, 5.41) is 17.4. The minimum atomic E-state index is -0.258. The van der Waals surface area contributed by atoms with Crippen LogP contribution in [0.15, 0.2) is 6.20 Å². The number of hydrogen-bond donors (Lipinski definition) is 2. The van der Waals surface area contributed by atoms with Crippen LogP contribution in [0.5, 0.6) is 0 Å². The Balaban J connectivity index is 2.07. The van der Waals surface area contributed by atoms with Crippen molar-refractivity contribution in [2.45, 2.75) is 31.4 Å². The van der Waals surface area contributed by atoms with Gasteiger partial charge in [0.1, 0.15) is 5.15 Å². The second kappa shape index (κ2) is 3.79. The van der Waals surface area contributed by atoms with Crippen molar-refractivity contribution in [1.82, 2.24) is 9.78 Å². The molecule has 2 atom stereocenters. The summed E-state index contributed by atoms with van der Waals surface area (Å²) < 4.78 is 1.60. The summed E-state index contributed by atoms with van der Waals surface area (Å²) in [5.41, 5.74) is 0.806. The highest BCUT2D eigenvalue weighted by atomic mass is 35.5. The third kappa shape index (κ3) is 1.72. The summed E-state index contributed by atoms with van der Waals surface area (Å²) >= 11 is 5.99. The van der Waals surface area contributed by atoms with Crippen molar-refractivity contribution in [3.8, 4) is 0 Å². The number of hydrogen-bond acceptors (Lipinski definition) is 3. The summed E-state index contributed by atoms with van der Waals surface area (Å²) in [7, 11) is 1.79. The number of aryl methyl sites for hydroxylation is 1. The van der Waals surface area contributed by atoms with Gasteiger partial charge in [0.2, 0.25) is 0 Å². The van der Waals surface area contributed by atoms with Crippen molar-refractivity contribution in [2.75, 3.05) is 5.32 Å². The first kappa shape index (κ1) is 9.80. The second-order valence-electron chi connectivity index (χ2n) is 3.72. The van der Waals surface area contributed by atoms with Gasteiger partial charge in [0, 0.05) is 7.05 Å². The van der Waals surface area contributed by atoms with E-state index in [1.54, 1.807) is 17.9 Å². The molecule has 0 unspecified atom stereocenters. The molecule has 2 rings (SSSR count). The zero-order valence-electron chi connectivity index (χ0n) is 8.07. The average molecular weight is 216 g/mol. The van der Waals surface area contributed by atoms with E-state index in [-0.39, 0.29) is 12.1 Å². The van der Waals surface area contributed by atoms with Gasteiger partial charge in [-0.15, -0.1) is 0 Å². The predicted molar refractivity (Wildman–Crippen MR) is 55.5 cm³/mol. The molecule has 0 radical (unpaired) electrons. The van der Waals surface area contributed by atoms with E-state index >= 15 is 0 Å². The number of aliphatic hydroxyl groups excluding tert-OH is 1. The van der Waals surface area contributed by atoms with Gasteiger partial charge in [-0.2, -0.15) is 5.10 Å². The summed E-state index contributed by atoms with van der Waals surface area (Å²) in [6, 6.07) is 0.122. The van der Waals surface area contributed by atoms with Crippen LogP contribution in [0.2, 0.25) is 5.15 Å². The lowest BCUT2D eigenvalue weighted by Crippen LogP contribution is -2.27. The number of rotatable bonds is 2. The lowest BCUT2D eigenvalue weighted by atomic mass is 10.2. The SMILES string of the molecule is Cn1ncc(N[C@H]2CCC[C@@H]2O)c1Cl. The van der Waals surface area contributed by atoms with Crippen LogP contribution in [0.3, 0.4) is 0 Å². The van der Waals surface area contributed by atoms with E-state index in [2.05, 4.69) is 10.4 Å². The number of halogens is 1. The predicted octanol–water partition coefficient (Wildman–Crippen LogP) is 1.40. The maximum absolute atomic E-state index is 9.62. The molecule has 1 aromatic heterocycles. The van der Waals surface area contributed by atoms with Gasteiger partial charge < -0.3 is 10.4 Å². The summed E-state index contributed by atoms with van der Waals surface area (Å²) in [4.78, 5) is 0. The Morgan fingerprint density at radius 1 is 1.64 bits per heavy atom. The molecule has 0 spiro atoms. The fraction of sp³-hybridized carbons (Fsp3) is 0.667. The van der Waals surface area contributed by atoms with Crippen molar-refractivity contribution >= 4 is 17.3 Å². The minimum absolute atomic E-state index is 0.122. The van der Waals surface area contributed by atoms with Gasteiger partial charge >= 0.3 is 0 Å². The topological polar surface area (TPSA) is 50.1 Å². The van der Waals surface area contributed by atoms with E-state index in [0.29, 0.717) is 5.15 Å². The number of nitrogens with one attached hydrogen (secondary N) is 1. The van der Waals surface area contributed by atoms with Gasteiger partial charge in [0.15, 0.2) is 0 Å². The molecule has 1 heterocycles. The molecule has 1 saturated carbocycles. The van der Waals surface area contributed by atoms with Gasteiger partial charge in [-0.05, 0) is 19.3 Å². The zero-order chi connectivity index (χ0) is 10.1. The fourth-order valence-electron chi connectivity index (χ4n) is 1.83. The van der Waals surface area contributed by atoms with Crippen LogP contribution in [0.1, 0.15) is 19.3 Å². The molecule has 2 N–H and O–H groups in total. The van der Waals surface area contributed by atoms with Gasteiger partial charge in [-0.3, -0.25) is 4.68 Å². The van der Waals surface area contributed by atoms with Crippen LogP contribution in [0, 0.1) is 0 Å². The molecule has 78 valence electrons. The molecule has 4 nitrogen and oxygen atoms in total. The molecule has 14 heavy (non-hydrogen) atoms. The first-order valence-corrected chi connectivity index (χ1v) is 5.18. The molecular formula is C9H14ClN3O. The Bertz CT molecular complexity index is 326. The summed E-state index contributed by atoms with van der Waals surface area (Å²) in [6.45, 7) is 0. The van der Waals surface area contributed by atoms with Gasteiger partial charge in [-0.25, -0.2) is 0 Å². The van der Waals surface area contributed by atoms with Gasteiger partial charge in [-0.1, -0.05) is 11.6 Å². The highest BCUT2D eigenvalue weighted by Gasteiger charge is 2.25. The molecule has 1 fully saturated rings. The maximum Gasteiger partial charge on any atom is 0.149 e. The molecule has 0 aliphatic heterocycles. The number of anilines is 1. The van der Waals surface area contributed by atoms with Crippen molar-refractivity contribution in [2.24, 2.45) is 7.05 Å². The quantitative estimate of drug-likeness (QED) is 0.784. The molecule has 0 aromatic carbocycles. The van der Waals surface area contributed by atoms with E-state index in [1.807, 2.05) is 0 Å². The lowest BCUT2D eigenvalue weighted by Gasteiger charge is -2.16. The minimum Gasteiger partial charge on any atom is -0.391 e. The molecule has 0 saturated heterocycles. The number of nitrogens with zero attached hydrogens (tertiary/aromatic N) is 2. The van der Waals surface area contributed by atoms with E-state index < -0.39 is 0 Å². The van der Waals surface area contributed by atoms with Gasteiger partial charge in [0.25, 0.3) is 0 Å². The Kier molecular flexibility index (Phi) is 2.65. The van der Waals surface area contributed by atoms with Gasteiger partial charge in [0.05, 0.1) is 24.0 Å². The summed E-state index contributed by atoms with van der Waals surface area (Å²) in [6.07, 6.45) is 4.36. The monoisotopic (exact) mass is 215 g/mol. The van der Waals surface area contributed by atoms with E-state index in [1.165, 1.54) is 0 Å². The van der Waals surface area contributed by atoms with Crippen LogP contribution in [0.4, 0.5) is 5.69 Å². The Morgan fingerprint density at radius 3 is 2.93 bits per heavy atom. The largest absolute Gasteiger partial charge is 0.391 e. The van der Waals surface area contributed by atoms with Crippen LogP contribution < -0.4 is 5.32 Å². The lowest BCUT2D eigenvalue weighted by molar-refractivity contribution is 0.172. The van der Waals surface area contributed by atoms with E-state index in [9.17, 15) is 5.11 Å². The van der Waals surface area contributed by atoms with Crippen molar-refractivity contribution in [3.05, 3.63) is 11.3 Å². The Labute approximate surface area is 87.9 Å². The highest BCUT2D eigenvalue weighted by molar-refractivity contribution is 6.32. The molecule has 1 aliphatic carbocycles. The first-order chi connectivity index (χ1) is 6.68.